The van der Waals surface area contributed by atoms with Crippen molar-refractivity contribution in [1.29, 1.82) is 0 Å². The van der Waals surface area contributed by atoms with Gasteiger partial charge in [-0.25, -0.2) is 13.2 Å². The van der Waals surface area contributed by atoms with E-state index in [1.807, 2.05) is 43.3 Å². The first-order valence-corrected chi connectivity index (χ1v) is 13.1. The van der Waals surface area contributed by atoms with E-state index >= 15 is 0 Å². The van der Waals surface area contributed by atoms with Crippen LogP contribution in [0, 0.1) is 5.92 Å². The fraction of sp³-hybridized carbons (Fsp3) is 0.440. The van der Waals surface area contributed by atoms with Gasteiger partial charge < -0.3 is 24.4 Å². The summed E-state index contributed by atoms with van der Waals surface area (Å²) >= 11 is 0. The maximum atomic E-state index is 13.0. The molecular weight excluding hydrogens is 486 g/mol. The highest BCUT2D eigenvalue weighted by Crippen LogP contribution is 2.26. The summed E-state index contributed by atoms with van der Waals surface area (Å²) in [4.78, 5) is 27.6. The maximum absolute atomic E-state index is 13.0. The summed E-state index contributed by atoms with van der Waals surface area (Å²) in [6.07, 6.45) is 0.247. The van der Waals surface area contributed by atoms with Gasteiger partial charge in [0.2, 0.25) is 10.0 Å². The third-order valence-corrected chi connectivity index (χ3v) is 7.63. The number of methoxy groups -OCH3 is 1. The lowest BCUT2D eigenvalue weighted by atomic mass is 9.90. The number of piperidine rings is 1. The van der Waals surface area contributed by atoms with Crippen molar-refractivity contribution in [2.45, 2.75) is 23.8 Å². The molecule has 0 saturated carbocycles. The molecule has 0 aliphatic carbocycles. The monoisotopic (exact) mass is 519 g/mol. The highest BCUT2D eigenvalue weighted by atomic mass is 32.2. The molecule has 1 aliphatic rings. The molecule has 2 aromatic carbocycles. The third-order valence-electron chi connectivity index (χ3n) is 6.17. The number of carboxylic acids is 1. The van der Waals surface area contributed by atoms with Crippen molar-refractivity contribution >= 4 is 22.1 Å². The Hall–Kier alpha value is -3.15. The van der Waals surface area contributed by atoms with Crippen LogP contribution in [0.3, 0.4) is 0 Å². The summed E-state index contributed by atoms with van der Waals surface area (Å²) in [5, 5.41) is 9.77. The Balaban J connectivity index is 1.62. The largest absolute Gasteiger partial charge is 0.497 e. The smallest absolute Gasteiger partial charge is 0.409 e. The Morgan fingerprint density at radius 3 is 2.11 bits per heavy atom. The number of likely N-dealkylation sites (N-methyl/N-ethyl adjacent to an activating group) is 1. The van der Waals surface area contributed by atoms with E-state index in [2.05, 4.69) is 4.72 Å². The van der Waals surface area contributed by atoms with Crippen molar-refractivity contribution in [2.75, 3.05) is 47.4 Å². The van der Waals surface area contributed by atoms with Gasteiger partial charge in [-0.05, 0) is 68.2 Å². The minimum atomic E-state index is -4.07. The van der Waals surface area contributed by atoms with Crippen molar-refractivity contribution in [3.63, 3.8) is 0 Å². The number of amides is 1. The summed E-state index contributed by atoms with van der Waals surface area (Å²) in [6.45, 7) is 1.47. The van der Waals surface area contributed by atoms with E-state index in [1.54, 1.807) is 19.2 Å². The van der Waals surface area contributed by atoms with E-state index in [-0.39, 0.29) is 11.5 Å². The van der Waals surface area contributed by atoms with Gasteiger partial charge in [0.1, 0.15) is 18.4 Å². The van der Waals surface area contributed by atoms with Crippen molar-refractivity contribution in [2.24, 2.45) is 5.92 Å². The van der Waals surface area contributed by atoms with Crippen molar-refractivity contribution < 1.29 is 32.6 Å². The second kappa shape index (κ2) is 12.2. The van der Waals surface area contributed by atoms with Crippen molar-refractivity contribution in [3.8, 4) is 16.9 Å². The van der Waals surface area contributed by atoms with Crippen LogP contribution in [-0.4, -0.2) is 88.9 Å². The van der Waals surface area contributed by atoms with Crippen LogP contribution in [0.2, 0.25) is 0 Å². The van der Waals surface area contributed by atoms with Crippen LogP contribution >= 0.6 is 0 Å². The molecule has 2 aromatic rings. The number of carboxylic acid groups (broad SMARTS) is 1. The van der Waals surface area contributed by atoms with Gasteiger partial charge in [0.25, 0.3) is 0 Å². The molecule has 36 heavy (non-hydrogen) atoms. The van der Waals surface area contributed by atoms with E-state index in [0.29, 0.717) is 38.2 Å². The number of benzene rings is 2. The fourth-order valence-electron chi connectivity index (χ4n) is 4.02. The molecule has 0 aromatic heterocycles. The normalized spacial score (nSPS) is 15.5. The highest BCUT2D eigenvalue weighted by Gasteiger charge is 2.36. The summed E-state index contributed by atoms with van der Waals surface area (Å²) < 4.78 is 38.7. The molecule has 1 amide bonds. The van der Waals surface area contributed by atoms with Gasteiger partial charge in [0, 0.05) is 19.6 Å². The lowest BCUT2D eigenvalue weighted by Crippen LogP contribution is -2.50. The molecule has 11 heteroatoms. The van der Waals surface area contributed by atoms with E-state index < -0.39 is 34.0 Å². The van der Waals surface area contributed by atoms with Gasteiger partial charge >= 0.3 is 12.1 Å². The Labute approximate surface area is 211 Å². The molecule has 1 fully saturated rings. The maximum Gasteiger partial charge on any atom is 0.409 e. The second-order valence-electron chi connectivity index (χ2n) is 8.93. The zero-order valence-electron chi connectivity index (χ0n) is 20.7. The number of hydrogen-bond donors (Lipinski definition) is 2. The quantitative estimate of drug-likeness (QED) is 0.491. The SMILES string of the molecule is COc1ccc(-c2ccc(S(=O)(=O)NC(C(=O)O)C3CCN(C(=O)OCCN(C)C)CC3)cc2)cc1. The highest BCUT2D eigenvalue weighted by molar-refractivity contribution is 7.89. The average Bonchev–Trinajstić information content (AvgIpc) is 2.87. The summed E-state index contributed by atoms with van der Waals surface area (Å²) in [5.74, 6) is -0.990. The van der Waals surface area contributed by atoms with Crippen LogP contribution in [0.25, 0.3) is 11.1 Å². The van der Waals surface area contributed by atoms with Gasteiger partial charge in [-0.15, -0.1) is 0 Å². The van der Waals surface area contributed by atoms with Crippen molar-refractivity contribution in [3.05, 3.63) is 48.5 Å². The molecule has 1 saturated heterocycles. The number of rotatable bonds is 10. The molecule has 3 rings (SSSR count). The third kappa shape index (κ3) is 7.19. The van der Waals surface area contributed by atoms with E-state index in [4.69, 9.17) is 9.47 Å². The van der Waals surface area contributed by atoms with Crippen LogP contribution in [0.4, 0.5) is 4.79 Å². The van der Waals surface area contributed by atoms with Crippen LogP contribution in [0.5, 0.6) is 5.75 Å². The summed E-state index contributed by atoms with van der Waals surface area (Å²) in [5.41, 5.74) is 1.71. The zero-order chi connectivity index (χ0) is 26.3. The summed E-state index contributed by atoms with van der Waals surface area (Å²) in [7, 11) is 1.26. The van der Waals surface area contributed by atoms with Crippen LogP contribution in [0.1, 0.15) is 12.8 Å². The first-order valence-electron chi connectivity index (χ1n) is 11.7. The number of hydrogen-bond acceptors (Lipinski definition) is 7. The molecule has 196 valence electrons. The van der Waals surface area contributed by atoms with Gasteiger partial charge in [-0.1, -0.05) is 24.3 Å². The van der Waals surface area contributed by atoms with E-state index in [1.165, 1.54) is 17.0 Å². The van der Waals surface area contributed by atoms with E-state index in [9.17, 15) is 23.1 Å². The number of sulfonamides is 1. The minimum Gasteiger partial charge on any atom is -0.497 e. The Morgan fingerprint density at radius 2 is 1.61 bits per heavy atom. The molecule has 2 N–H and O–H groups in total. The first kappa shape index (κ1) is 27.4. The molecule has 0 radical (unpaired) electrons. The number of nitrogens with one attached hydrogen (secondary N) is 1. The number of ether oxygens (including phenoxy) is 2. The summed E-state index contributed by atoms with van der Waals surface area (Å²) in [6, 6.07) is 12.3. The number of aliphatic carboxylic acids is 1. The topological polar surface area (TPSA) is 125 Å². The predicted molar refractivity (Wildman–Crippen MR) is 134 cm³/mol. The Kier molecular flexibility index (Phi) is 9.30. The number of likely N-dealkylation sites (tertiary alicyclic amines) is 1. The molecule has 1 atom stereocenters. The minimum absolute atomic E-state index is 0.0204. The van der Waals surface area contributed by atoms with Gasteiger partial charge in [-0.2, -0.15) is 4.72 Å². The Morgan fingerprint density at radius 1 is 1.06 bits per heavy atom. The first-order chi connectivity index (χ1) is 17.1. The Bertz CT molecular complexity index is 1130. The zero-order valence-corrected chi connectivity index (χ0v) is 21.5. The molecule has 0 spiro atoms. The molecule has 10 nitrogen and oxygen atoms in total. The molecule has 1 unspecified atom stereocenters. The lowest BCUT2D eigenvalue weighted by Gasteiger charge is -2.34. The number of carbonyl (C=O) groups excluding carboxylic acids is 1. The molecule has 1 heterocycles. The van der Waals surface area contributed by atoms with Gasteiger partial charge in [-0.3, -0.25) is 4.79 Å². The molecule has 1 aliphatic heterocycles. The van der Waals surface area contributed by atoms with Crippen LogP contribution in [0.15, 0.2) is 53.4 Å². The average molecular weight is 520 g/mol. The predicted octanol–water partition coefficient (Wildman–Crippen LogP) is 2.50. The van der Waals surface area contributed by atoms with Crippen LogP contribution < -0.4 is 9.46 Å². The van der Waals surface area contributed by atoms with Gasteiger partial charge in [0.15, 0.2) is 0 Å². The second-order valence-corrected chi connectivity index (χ2v) is 10.6. The standard InChI is InChI=1S/C25H33N3O7S/c1-27(2)16-17-35-25(31)28-14-12-20(13-15-28)23(24(29)30)26-36(32,33)22-10-6-19(7-11-22)18-4-8-21(34-3)9-5-18/h4-11,20,23,26H,12-17H2,1-3H3,(H,29,30). The van der Waals surface area contributed by atoms with Crippen LogP contribution in [-0.2, 0) is 19.6 Å². The number of nitrogens with zero attached hydrogens (tertiary/aromatic N) is 2. The van der Waals surface area contributed by atoms with Crippen molar-refractivity contribution in [1.82, 2.24) is 14.5 Å². The lowest BCUT2D eigenvalue weighted by molar-refractivity contribution is -0.140. The molecular formula is C25H33N3O7S. The van der Waals surface area contributed by atoms with Gasteiger partial charge in [0.05, 0.1) is 12.0 Å². The number of carbonyl (C=O) groups is 2. The molecule has 0 bridgehead atoms. The van der Waals surface area contributed by atoms with E-state index in [0.717, 1.165) is 11.1 Å². The fourth-order valence-corrected chi connectivity index (χ4v) is 5.27.